The number of sulfonamides is 1. The van der Waals surface area contributed by atoms with E-state index in [4.69, 9.17) is 0 Å². The number of hydrogen-bond donors (Lipinski definition) is 1. The highest BCUT2D eigenvalue weighted by molar-refractivity contribution is 7.88. The summed E-state index contributed by atoms with van der Waals surface area (Å²) >= 11 is 0. The second-order valence-corrected chi connectivity index (χ2v) is 8.34. The second-order valence-electron chi connectivity index (χ2n) is 6.37. The van der Waals surface area contributed by atoms with Crippen molar-refractivity contribution in [3.63, 3.8) is 0 Å². The standard InChI is InChI=1S/C17H22N4O3S/c1-13-3-5-15(6-4-13)12-25(23,24)21-9-7-20(8-10-21)17(22)16-11-14(2)18-19-16/h3-6,11H,7-10,12H2,1-2H3,(H,18,19). The van der Waals surface area contributed by atoms with Crippen LogP contribution in [0, 0.1) is 13.8 Å². The first-order valence-electron chi connectivity index (χ1n) is 8.20. The molecule has 25 heavy (non-hydrogen) atoms. The Morgan fingerprint density at radius 3 is 2.32 bits per heavy atom. The zero-order chi connectivity index (χ0) is 18.0. The molecule has 0 radical (unpaired) electrons. The van der Waals surface area contributed by atoms with Gasteiger partial charge in [0.25, 0.3) is 5.91 Å². The van der Waals surface area contributed by atoms with Crippen LogP contribution < -0.4 is 0 Å². The first kappa shape index (κ1) is 17.6. The van der Waals surface area contributed by atoms with Crippen molar-refractivity contribution in [1.82, 2.24) is 19.4 Å². The lowest BCUT2D eigenvalue weighted by Gasteiger charge is -2.33. The van der Waals surface area contributed by atoms with Crippen LogP contribution in [0.2, 0.25) is 0 Å². The van der Waals surface area contributed by atoms with E-state index in [0.29, 0.717) is 31.9 Å². The van der Waals surface area contributed by atoms with Crippen LogP contribution in [0.1, 0.15) is 27.3 Å². The third-order valence-corrected chi connectivity index (χ3v) is 6.16. The Labute approximate surface area is 147 Å². The number of aromatic amines is 1. The van der Waals surface area contributed by atoms with E-state index in [1.54, 1.807) is 11.0 Å². The third-order valence-electron chi connectivity index (χ3n) is 4.31. The Kier molecular flexibility index (Phi) is 4.91. The van der Waals surface area contributed by atoms with Gasteiger partial charge in [0.1, 0.15) is 5.69 Å². The van der Waals surface area contributed by atoms with Gasteiger partial charge in [0, 0.05) is 31.9 Å². The zero-order valence-corrected chi connectivity index (χ0v) is 15.2. The van der Waals surface area contributed by atoms with E-state index in [1.165, 1.54) is 4.31 Å². The van der Waals surface area contributed by atoms with Crippen molar-refractivity contribution < 1.29 is 13.2 Å². The van der Waals surface area contributed by atoms with Crippen LogP contribution >= 0.6 is 0 Å². The van der Waals surface area contributed by atoms with Crippen molar-refractivity contribution in [2.24, 2.45) is 0 Å². The Morgan fingerprint density at radius 2 is 1.76 bits per heavy atom. The van der Waals surface area contributed by atoms with Gasteiger partial charge in [0.05, 0.1) is 5.75 Å². The Hall–Kier alpha value is -2.19. The number of hydrogen-bond acceptors (Lipinski definition) is 4. The van der Waals surface area contributed by atoms with Crippen LogP contribution in [-0.2, 0) is 15.8 Å². The zero-order valence-electron chi connectivity index (χ0n) is 14.4. The van der Waals surface area contributed by atoms with Crippen LogP contribution in [-0.4, -0.2) is 59.9 Å². The number of carbonyl (C=O) groups is 1. The molecule has 2 heterocycles. The maximum Gasteiger partial charge on any atom is 0.274 e. The van der Waals surface area contributed by atoms with Gasteiger partial charge >= 0.3 is 0 Å². The molecule has 0 unspecified atom stereocenters. The number of nitrogens with zero attached hydrogens (tertiary/aromatic N) is 3. The van der Waals surface area contributed by atoms with E-state index in [9.17, 15) is 13.2 Å². The molecule has 0 atom stereocenters. The number of aromatic nitrogens is 2. The molecule has 1 N–H and O–H groups in total. The molecule has 1 saturated heterocycles. The molecule has 134 valence electrons. The van der Waals surface area contributed by atoms with Gasteiger partial charge in [-0.2, -0.15) is 9.40 Å². The molecule has 1 aliphatic heterocycles. The number of amides is 1. The second kappa shape index (κ2) is 6.97. The lowest BCUT2D eigenvalue weighted by molar-refractivity contribution is 0.0692. The highest BCUT2D eigenvalue weighted by atomic mass is 32.2. The number of nitrogens with one attached hydrogen (secondary N) is 1. The van der Waals surface area contributed by atoms with Crippen molar-refractivity contribution >= 4 is 15.9 Å². The Morgan fingerprint density at radius 1 is 1.12 bits per heavy atom. The van der Waals surface area contributed by atoms with E-state index in [-0.39, 0.29) is 11.7 Å². The number of carbonyl (C=O) groups excluding carboxylic acids is 1. The van der Waals surface area contributed by atoms with E-state index in [0.717, 1.165) is 16.8 Å². The van der Waals surface area contributed by atoms with E-state index in [2.05, 4.69) is 10.2 Å². The van der Waals surface area contributed by atoms with Gasteiger partial charge in [-0.1, -0.05) is 29.8 Å². The highest BCUT2D eigenvalue weighted by Gasteiger charge is 2.30. The fourth-order valence-corrected chi connectivity index (χ4v) is 4.36. The summed E-state index contributed by atoms with van der Waals surface area (Å²) in [5.74, 6) is -0.181. The third kappa shape index (κ3) is 4.08. The molecular weight excluding hydrogens is 340 g/mol. The summed E-state index contributed by atoms with van der Waals surface area (Å²) in [6, 6.07) is 9.20. The number of rotatable bonds is 4. The maximum atomic E-state index is 12.6. The fourth-order valence-electron chi connectivity index (χ4n) is 2.85. The molecule has 1 aliphatic rings. The minimum atomic E-state index is -3.39. The predicted octanol–water partition coefficient (Wildman–Crippen LogP) is 1.31. The van der Waals surface area contributed by atoms with Crippen LogP contribution in [0.5, 0.6) is 0 Å². The highest BCUT2D eigenvalue weighted by Crippen LogP contribution is 2.15. The predicted molar refractivity (Wildman–Crippen MR) is 94.6 cm³/mol. The molecule has 7 nitrogen and oxygen atoms in total. The van der Waals surface area contributed by atoms with Crippen molar-refractivity contribution in [1.29, 1.82) is 0 Å². The quantitative estimate of drug-likeness (QED) is 0.889. The summed E-state index contributed by atoms with van der Waals surface area (Å²) in [7, 11) is -3.39. The maximum absolute atomic E-state index is 12.6. The molecule has 0 bridgehead atoms. The van der Waals surface area contributed by atoms with Gasteiger partial charge in [0.15, 0.2) is 0 Å². The van der Waals surface area contributed by atoms with Gasteiger partial charge in [-0.3, -0.25) is 9.89 Å². The molecule has 1 aromatic heterocycles. The molecular formula is C17H22N4O3S. The van der Waals surface area contributed by atoms with Gasteiger partial charge in [0.2, 0.25) is 10.0 Å². The van der Waals surface area contributed by atoms with Crippen LogP contribution in [0.3, 0.4) is 0 Å². The topological polar surface area (TPSA) is 86.4 Å². The molecule has 0 saturated carbocycles. The molecule has 0 spiro atoms. The monoisotopic (exact) mass is 362 g/mol. The van der Waals surface area contributed by atoms with Crippen LogP contribution in [0.25, 0.3) is 0 Å². The number of H-pyrrole nitrogens is 1. The van der Waals surface area contributed by atoms with Gasteiger partial charge in [-0.15, -0.1) is 0 Å². The van der Waals surface area contributed by atoms with Gasteiger partial charge in [-0.05, 0) is 25.5 Å². The molecule has 1 amide bonds. The Bertz CT molecular complexity index is 850. The molecule has 1 aromatic carbocycles. The SMILES string of the molecule is Cc1ccc(CS(=O)(=O)N2CCN(C(=O)c3cc(C)[nH]n3)CC2)cc1. The van der Waals surface area contributed by atoms with Crippen molar-refractivity contribution in [2.45, 2.75) is 19.6 Å². The molecule has 2 aromatic rings. The number of benzene rings is 1. The van der Waals surface area contributed by atoms with Crippen molar-refractivity contribution in [2.75, 3.05) is 26.2 Å². The van der Waals surface area contributed by atoms with Crippen molar-refractivity contribution in [3.8, 4) is 0 Å². The van der Waals surface area contributed by atoms with E-state index >= 15 is 0 Å². The fraction of sp³-hybridized carbons (Fsp3) is 0.412. The summed E-state index contributed by atoms with van der Waals surface area (Å²) in [5, 5.41) is 6.72. The summed E-state index contributed by atoms with van der Waals surface area (Å²) in [5.41, 5.74) is 3.06. The normalized spacial score (nSPS) is 16.2. The molecule has 0 aliphatic carbocycles. The summed E-state index contributed by atoms with van der Waals surface area (Å²) in [6.45, 7) is 5.16. The van der Waals surface area contributed by atoms with Gasteiger partial charge in [-0.25, -0.2) is 8.42 Å². The minimum absolute atomic E-state index is 0.0141. The largest absolute Gasteiger partial charge is 0.335 e. The van der Waals surface area contributed by atoms with E-state index < -0.39 is 10.0 Å². The first-order chi connectivity index (χ1) is 11.8. The lowest BCUT2D eigenvalue weighted by atomic mass is 10.2. The summed E-state index contributed by atoms with van der Waals surface area (Å²) in [4.78, 5) is 14.0. The first-order valence-corrected chi connectivity index (χ1v) is 9.81. The van der Waals surface area contributed by atoms with Crippen molar-refractivity contribution in [3.05, 3.63) is 52.8 Å². The van der Waals surface area contributed by atoms with Crippen LogP contribution in [0.15, 0.2) is 30.3 Å². The molecule has 1 fully saturated rings. The van der Waals surface area contributed by atoms with Crippen LogP contribution in [0.4, 0.5) is 0 Å². The average molecular weight is 362 g/mol. The smallest absolute Gasteiger partial charge is 0.274 e. The average Bonchev–Trinajstić information content (AvgIpc) is 3.03. The number of piperazine rings is 1. The number of aryl methyl sites for hydroxylation is 2. The van der Waals surface area contributed by atoms with Gasteiger partial charge < -0.3 is 4.90 Å². The molecule has 8 heteroatoms. The lowest BCUT2D eigenvalue weighted by Crippen LogP contribution is -2.50. The molecule has 3 rings (SSSR count). The minimum Gasteiger partial charge on any atom is -0.335 e. The Balaban J connectivity index is 1.61. The summed E-state index contributed by atoms with van der Waals surface area (Å²) < 4.78 is 26.7. The van der Waals surface area contributed by atoms with E-state index in [1.807, 2.05) is 38.1 Å². The summed E-state index contributed by atoms with van der Waals surface area (Å²) in [6.07, 6.45) is 0.